The van der Waals surface area contributed by atoms with Gasteiger partial charge in [-0.15, -0.1) is 0 Å². The van der Waals surface area contributed by atoms with Crippen LogP contribution in [-0.2, 0) is 36.8 Å². The maximum atomic E-state index is 13.0. The fourth-order valence-electron chi connectivity index (χ4n) is 4.07. The molecular formula is C28H34N6O6. The summed E-state index contributed by atoms with van der Waals surface area (Å²) in [7, 11) is 0. The highest BCUT2D eigenvalue weighted by atomic mass is 16.3. The number of phenols is 1. The van der Waals surface area contributed by atoms with Gasteiger partial charge in [-0.05, 0) is 42.5 Å². The third kappa shape index (κ3) is 9.24. The van der Waals surface area contributed by atoms with Gasteiger partial charge < -0.3 is 37.8 Å². The molecule has 0 aliphatic carbocycles. The molecule has 1 aliphatic rings. The Hall–Kier alpha value is -4.71. The number of primary amides is 1. The van der Waals surface area contributed by atoms with Gasteiger partial charge in [-0.25, -0.2) is 0 Å². The molecule has 40 heavy (non-hydrogen) atoms. The van der Waals surface area contributed by atoms with Crippen LogP contribution in [0.1, 0.15) is 24.0 Å². The molecule has 212 valence electrons. The minimum absolute atomic E-state index is 0.0290. The van der Waals surface area contributed by atoms with E-state index in [1.165, 1.54) is 12.1 Å². The molecule has 2 aromatic rings. The van der Waals surface area contributed by atoms with Gasteiger partial charge in [0.05, 0.1) is 12.6 Å². The van der Waals surface area contributed by atoms with Gasteiger partial charge >= 0.3 is 0 Å². The van der Waals surface area contributed by atoms with Gasteiger partial charge in [0, 0.05) is 6.42 Å². The first-order valence-electron chi connectivity index (χ1n) is 12.8. The van der Waals surface area contributed by atoms with E-state index in [1.807, 2.05) is 6.07 Å². The van der Waals surface area contributed by atoms with Crippen LogP contribution in [0, 0.1) is 0 Å². The maximum absolute atomic E-state index is 13.0. The Morgan fingerprint density at radius 2 is 1.60 bits per heavy atom. The standard InChI is InChI=1S/C28H34N6O6/c29-20(14-18-10-12-19(35)13-11-18)26(38)34-22-9-5-4-8-21(25(30)37)33-28(40)23(15-17-6-2-1-3-7-17)32-24(36)16-31-27(22)39/h1-7,10-13,20-23,35H,8-9,14-16,29H2,(H2,30,37)(H,31,39)(H,32,36)(H,33,40)(H,34,38)/b5-4+/t20-,21+,22+,23-/m0/s1. The first kappa shape index (κ1) is 29.8. The Labute approximate surface area is 231 Å². The lowest BCUT2D eigenvalue weighted by Crippen LogP contribution is -2.56. The van der Waals surface area contributed by atoms with Crippen LogP contribution >= 0.6 is 0 Å². The van der Waals surface area contributed by atoms with Crippen LogP contribution in [0.5, 0.6) is 5.75 Å². The van der Waals surface area contributed by atoms with Gasteiger partial charge in [0.1, 0.15) is 23.9 Å². The second-order valence-electron chi connectivity index (χ2n) is 9.47. The molecule has 1 aliphatic heterocycles. The van der Waals surface area contributed by atoms with Crippen LogP contribution in [0.15, 0.2) is 66.7 Å². The lowest BCUT2D eigenvalue weighted by atomic mass is 10.0. The van der Waals surface area contributed by atoms with Gasteiger partial charge in [0.2, 0.25) is 29.5 Å². The van der Waals surface area contributed by atoms with Crippen molar-refractivity contribution in [2.24, 2.45) is 11.5 Å². The lowest BCUT2D eigenvalue weighted by Gasteiger charge is -2.23. The Morgan fingerprint density at radius 1 is 0.925 bits per heavy atom. The normalized spacial score (nSPS) is 22.0. The van der Waals surface area contributed by atoms with Crippen LogP contribution < -0.4 is 32.7 Å². The van der Waals surface area contributed by atoms with Crippen molar-refractivity contribution < 1.29 is 29.1 Å². The number of carbonyl (C=O) groups is 5. The number of carbonyl (C=O) groups excluding carboxylic acids is 5. The third-order valence-electron chi connectivity index (χ3n) is 6.29. The van der Waals surface area contributed by atoms with E-state index in [0.29, 0.717) is 0 Å². The molecule has 0 spiro atoms. The number of hydrogen-bond acceptors (Lipinski definition) is 7. The highest BCUT2D eigenvalue weighted by Gasteiger charge is 2.28. The smallest absolute Gasteiger partial charge is 0.243 e. The molecule has 4 atom stereocenters. The summed E-state index contributed by atoms with van der Waals surface area (Å²) in [5.41, 5.74) is 13.0. The van der Waals surface area contributed by atoms with E-state index in [-0.39, 0.29) is 31.4 Å². The molecule has 3 rings (SSSR count). The summed E-state index contributed by atoms with van der Waals surface area (Å²) in [5, 5.41) is 19.7. The SMILES string of the molecule is NC(=O)[C@H]1C/C=C/C[C@@H](NC(=O)[C@@H](N)Cc2ccc(O)cc2)C(=O)NCC(=O)N[C@@H](Cc2ccccc2)C(=O)N1. The quantitative estimate of drug-likeness (QED) is 0.212. The molecule has 12 heteroatoms. The number of nitrogens with two attached hydrogens (primary N) is 2. The zero-order chi connectivity index (χ0) is 29.1. The Morgan fingerprint density at radius 3 is 2.27 bits per heavy atom. The van der Waals surface area contributed by atoms with Crippen molar-refractivity contribution in [2.75, 3.05) is 6.54 Å². The molecule has 1 heterocycles. The molecule has 0 unspecified atom stereocenters. The van der Waals surface area contributed by atoms with Crippen molar-refractivity contribution in [3.63, 3.8) is 0 Å². The molecular weight excluding hydrogens is 516 g/mol. The van der Waals surface area contributed by atoms with E-state index in [9.17, 15) is 29.1 Å². The molecule has 0 bridgehead atoms. The molecule has 2 aromatic carbocycles. The van der Waals surface area contributed by atoms with Gasteiger partial charge in [-0.2, -0.15) is 0 Å². The Balaban J connectivity index is 1.73. The number of benzene rings is 2. The van der Waals surface area contributed by atoms with Gasteiger partial charge in [-0.1, -0.05) is 54.6 Å². The molecule has 0 saturated heterocycles. The monoisotopic (exact) mass is 550 g/mol. The third-order valence-corrected chi connectivity index (χ3v) is 6.29. The Bertz CT molecular complexity index is 1230. The van der Waals surface area contributed by atoms with Crippen molar-refractivity contribution in [2.45, 2.75) is 49.9 Å². The average Bonchev–Trinajstić information content (AvgIpc) is 2.93. The minimum atomic E-state index is -1.06. The summed E-state index contributed by atoms with van der Waals surface area (Å²) in [4.78, 5) is 63.4. The summed E-state index contributed by atoms with van der Waals surface area (Å²) < 4.78 is 0. The van der Waals surface area contributed by atoms with Gasteiger partial charge in [-0.3, -0.25) is 24.0 Å². The van der Waals surface area contributed by atoms with Crippen LogP contribution in [0.3, 0.4) is 0 Å². The van der Waals surface area contributed by atoms with Crippen LogP contribution in [0.2, 0.25) is 0 Å². The molecule has 9 N–H and O–H groups in total. The highest BCUT2D eigenvalue weighted by molar-refractivity contribution is 5.94. The van der Waals surface area contributed by atoms with Gasteiger partial charge in [0.15, 0.2) is 0 Å². The van der Waals surface area contributed by atoms with Crippen LogP contribution in [0.4, 0.5) is 0 Å². The van der Waals surface area contributed by atoms with Crippen LogP contribution in [-0.4, -0.2) is 65.4 Å². The van der Waals surface area contributed by atoms with E-state index in [1.54, 1.807) is 48.6 Å². The Kier molecular flexibility index (Phi) is 10.8. The lowest BCUT2D eigenvalue weighted by molar-refractivity contribution is -0.132. The number of amides is 5. The van der Waals surface area contributed by atoms with E-state index in [2.05, 4.69) is 21.3 Å². The fourth-order valence-corrected chi connectivity index (χ4v) is 4.07. The predicted molar refractivity (Wildman–Crippen MR) is 146 cm³/mol. The first-order valence-corrected chi connectivity index (χ1v) is 12.8. The molecule has 0 saturated carbocycles. The van der Waals surface area contributed by atoms with Crippen molar-refractivity contribution in [3.05, 3.63) is 77.9 Å². The summed E-state index contributed by atoms with van der Waals surface area (Å²) in [6.45, 7) is -0.452. The van der Waals surface area contributed by atoms with Crippen LogP contribution in [0.25, 0.3) is 0 Å². The summed E-state index contributed by atoms with van der Waals surface area (Å²) in [5.74, 6) is -3.13. The minimum Gasteiger partial charge on any atom is -0.508 e. The number of rotatable bonds is 7. The number of hydrogen-bond donors (Lipinski definition) is 7. The zero-order valence-corrected chi connectivity index (χ0v) is 21.8. The second kappa shape index (κ2) is 14.4. The molecule has 0 aromatic heterocycles. The predicted octanol–water partition coefficient (Wildman–Crippen LogP) is -1.09. The summed E-state index contributed by atoms with van der Waals surface area (Å²) in [6, 6.07) is 11.1. The average molecular weight is 551 g/mol. The molecule has 5 amide bonds. The molecule has 0 fully saturated rings. The van der Waals surface area contributed by atoms with E-state index < -0.39 is 60.2 Å². The largest absolute Gasteiger partial charge is 0.508 e. The fraction of sp³-hybridized carbons (Fsp3) is 0.321. The number of aromatic hydroxyl groups is 1. The van der Waals surface area contributed by atoms with Gasteiger partial charge in [0.25, 0.3) is 0 Å². The van der Waals surface area contributed by atoms with E-state index in [4.69, 9.17) is 11.5 Å². The molecule has 0 radical (unpaired) electrons. The summed E-state index contributed by atoms with van der Waals surface area (Å²) >= 11 is 0. The summed E-state index contributed by atoms with van der Waals surface area (Å²) in [6.07, 6.45) is 3.53. The van der Waals surface area contributed by atoms with Crippen molar-refractivity contribution in [1.82, 2.24) is 21.3 Å². The second-order valence-corrected chi connectivity index (χ2v) is 9.47. The first-order chi connectivity index (χ1) is 19.1. The highest BCUT2D eigenvalue weighted by Crippen LogP contribution is 2.11. The molecule has 12 nitrogen and oxygen atoms in total. The maximum Gasteiger partial charge on any atom is 0.243 e. The van der Waals surface area contributed by atoms with Crippen molar-refractivity contribution in [1.29, 1.82) is 0 Å². The van der Waals surface area contributed by atoms with E-state index >= 15 is 0 Å². The zero-order valence-electron chi connectivity index (χ0n) is 21.8. The number of phenolic OH excluding ortho intramolecular Hbond substituents is 1. The number of nitrogens with one attached hydrogen (secondary N) is 4. The topological polar surface area (TPSA) is 206 Å². The van der Waals surface area contributed by atoms with E-state index in [0.717, 1.165) is 11.1 Å². The van der Waals surface area contributed by atoms with Crippen molar-refractivity contribution in [3.8, 4) is 5.75 Å². The van der Waals surface area contributed by atoms with Crippen molar-refractivity contribution >= 4 is 29.5 Å².